The van der Waals surface area contributed by atoms with Gasteiger partial charge in [-0.1, -0.05) is 6.07 Å². The highest BCUT2D eigenvalue weighted by molar-refractivity contribution is 5.64. The zero-order valence-electron chi connectivity index (χ0n) is 10.1. The number of aromatic nitrogens is 4. The molecule has 0 saturated heterocycles. The van der Waals surface area contributed by atoms with E-state index in [1.807, 2.05) is 30.3 Å². The Hall–Kier alpha value is -2.82. The summed E-state index contributed by atoms with van der Waals surface area (Å²) in [6.45, 7) is 0. The maximum atomic E-state index is 5.67. The van der Waals surface area contributed by atoms with Crippen LogP contribution in [0, 0.1) is 0 Å². The highest BCUT2D eigenvalue weighted by atomic mass is 14.9. The molecule has 5 nitrogen and oxygen atoms in total. The van der Waals surface area contributed by atoms with E-state index in [-0.39, 0.29) is 0 Å². The third-order valence-corrected chi connectivity index (χ3v) is 2.62. The normalized spacial score (nSPS) is 10.3. The molecule has 0 aromatic carbocycles. The van der Waals surface area contributed by atoms with Crippen molar-refractivity contribution in [3.05, 3.63) is 55.0 Å². The molecule has 19 heavy (non-hydrogen) atoms. The number of rotatable bonds is 2. The highest BCUT2D eigenvalue weighted by Gasteiger charge is 2.05. The third kappa shape index (κ3) is 2.40. The Morgan fingerprint density at radius 2 is 1.63 bits per heavy atom. The van der Waals surface area contributed by atoms with Crippen LogP contribution in [0.15, 0.2) is 55.0 Å². The molecule has 3 aromatic heterocycles. The molecule has 0 atom stereocenters. The van der Waals surface area contributed by atoms with Crippen LogP contribution in [0.4, 0.5) is 5.82 Å². The van der Waals surface area contributed by atoms with Gasteiger partial charge >= 0.3 is 0 Å². The first-order valence-corrected chi connectivity index (χ1v) is 5.79. The number of nitrogens with two attached hydrogens (primary N) is 1. The van der Waals surface area contributed by atoms with Gasteiger partial charge in [-0.15, -0.1) is 0 Å². The summed E-state index contributed by atoms with van der Waals surface area (Å²) in [6.07, 6.45) is 5.09. The van der Waals surface area contributed by atoms with Crippen LogP contribution in [-0.4, -0.2) is 19.9 Å². The average molecular weight is 249 g/mol. The molecule has 3 rings (SSSR count). The minimum atomic E-state index is 0.446. The van der Waals surface area contributed by atoms with Gasteiger partial charge in [-0.25, -0.2) is 9.97 Å². The number of nitrogen functional groups attached to an aromatic ring is 1. The maximum absolute atomic E-state index is 5.67. The SMILES string of the molecule is Nc1ccnc(-c2ccnc(-c3ccccn3)c2)n1. The van der Waals surface area contributed by atoms with Gasteiger partial charge in [0.25, 0.3) is 0 Å². The van der Waals surface area contributed by atoms with Gasteiger partial charge in [0, 0.05) is 24.2 Å². The van der Waals surface area contributed by atoms with Crippen molar-refractivity contribution in [1.29, 1.82) is 0 Å². The Kier molecular flexibility index (Phi) is 2.86. The van der Waals surface area contributed by atoms with Crippen molar-refractivity contribution in [1.82, 2.24) is 19.9 Å². The van der Waals surface area contributed by atoms with Crippen LogP contribution in [0.1, 0.15) is 0 Å². The predicted molar refractivity (Wildman–Crippen MR) is 72.9 cm³/mol. The number of hydrogen-bond donors (Lipinski definition) is 1. The van der Waals surface area contributed by atoms with E-state index in [9.17, 15) is 0 Å². The minimum Gasteiger partial charge on any atom is -0.384 e. The summed E-state index contributed by atoms with van der Waals surface area (Å²) in [7, 11) is 0. The minimum absolute atomic E-state index is 0.446. The monoisotopic (exact) mass is 249 g/mol. The third-order valence-electron chi connectivity index (χ3n) is 2.62. The van der Waals surface area contributed by atoms with Gasteiger partial charge in [-0.05, 0) is 30.3 Å². The van der Waals surface area contributed by atoms with E-state index in [0.29, 0.717) is 11.6 Å². The largest absolute Gasteiger partial charge is 0.384 e. The molecule has 0 aliphatic rings. The van der Waals surface area contributed by atoms with Crippen LogP contribution in [0.2, 0.25) is 0 Å². The Bertz CT molecular complexity index is 697. The molecule has 92 valence electrons. The molecule has 0 unspecified atom stereocenters. The smallest absolute Gasteiger partial charge is 0.161 e. The molecule has 0 aliphatic carbocycles. The molecule has 5 heteroatoms. The molecule has 3 aromatic rings. The van der Waals surface area contributed by atoms with Gasteiger partial charge in [0.1, 0.15) is 5.82 Å². The number of nitrogens with zero attached hydrogens (tertiary/aromatic N) is 4. The van der Waals surface area contributed by atoms with Gasteiger partial charge in [0.2, 0.25) is 0 Å². The topological polar surface area (TPSA) is 77.6 Å². The van der Waals surface area contributed by atoms with Crippen LogP contribution in [0.25, 0.3) is 22.8 Å². The molecule has 0 fully saturated rings. The van der Waals surface area contributed by atoms with Gasteiger partial charge in [0.05, 0.1) is 11.4 Å². The summed E-state index contributed by atoms with van der Waals surface area (Å²) < 4.78 is 0. The summed E-state index contributed by atoms with van der Waals surface area (Å²) in [5.74, 6) is 1.03. The Labute approximate surface area is 110 Å². The van der Waals surface area contributed by atoms with Crippen molar-refractivity contribution in [3.63, 3.8) is 0 Å². The van der Waals surface area contributed by atoms with Crippen molar-refractivity contribution < 1.29 is 0 Å². The second-order valence-corrected chi connectivity index (χ2v) is 3.95. The fourth-order valence-corrected chi connectivity index (χ4v) is 1.74. The molecular weight excluding hydrogens is 238 g/mol. The van der Waals surface area contributed by atoms with Gasteiger partial charge in [-0.2, -0.15) is 0 Å². The molecule has 0 amide bonds. The van der Waals surface area contributed by atoms with E-state index in [1.165, 1.54) is 0 Å². The van der Waals surface area contributed by atoms with E-state index < -0.39 is 0 Å². The Morgan fingerprint density at radius 1 is 0.789 bits per heavy atom. The standard InChI is InChI=1S/C14H11N5/c15-13-5-8-18-14(19-13)10-4-7-17-12(9-10)11-3-1-2-6-16-11/h1-9H,(H2,15,18,19). The molecule has 2 N–H and O–H groups in total. The fourth-order valence-electron chi connectivity index (χ4n) is 1.74. The van der Waals surface area contributed by atoms with E-state index in [4.69, 9.17) is 5.73 Å². The van der Waals surface area contributed by atoms with E-state index in [0.717, 1.165) is 17.0 Å². The van der Waals surface area contributed by atoms with Crippen molar-refractivity contribution in [3.8, 4) is 22.8 Å². The lowest BCUT2D eigenvalue weighted by Gasteiger charge is -2.03. The first-order chi connectivity index (χ1) is 9.33. The zero-order chi connectivity index (χ0) is 13.1. The number of anilines is 1. The number of hydrogen-bond acceptors (Lipinski definition) is 5. The van der Waals surface area contributed by atoms with Gasteiger partial charge in [0.15, 0.2) is 5.82 Å². The highest BCUT2D eigenvalue weighted by Crippen LogP contribution is 2.20. The lowest BCUT2D eigenvalue weighted by atomic mass is 10.1. The molecule has 3 heterocycles. The van der Waals surface area contributed by atoms with E-state index >= 15 is 0 Å². The molecular formula is C14H11N5. The van der Waals surface area contributed by atoms with Gasteiger partial charge in [-0.3, -0.25) is 9.97 Å². The fraction of sp³-hybridized carbons (Fsp3) is 0. The van der Waals surface area contributed by atoms with Gasteiger partial charge < -0.3 is 5.73 Å². The molecule has 0 spiro atoms. The predicted octanol–water partition coefficient (Wildman–Crippen LogP) is 2.18. The van der Waals surface area contributed by atoms with Crippen molar-refractivity contribution >= 4 is 5.82 Å². The summed E-state index contributed by atoms with van der Waals surface area (Å²) in [6, 6.07) is 11.1. The zero-order valence-corrected chi connectivity index (χ0v) is 10.1. The van der Waals surface area contributed by atoms with Crippen LogP contribution < -0.4 is 5.73 Å². The Morgan fingerprint density at radius 3 is 2.42 bits per heavy atom. The van der Waals surface area contributed by atoms with Crippen molar-refractivity contribution in [2.75, 3.05) is 5.73 Å². The maximum Gasteiger partial charge on any atom is 0.161 e. The first kappa shape index (κ1) is 11.3. The van der Waals surface area contributed by atoms with E-state index in [1.54, 1.807) is 24.7 Å². The van der Waals surface area contributed by atoms with Crippen molar-refractivity contribution in [2.45, 2.75) is 0 Å². The van der Waals surface area contributed by atoms with Crippen LogP contribution >= 0.6 is 0 Å². The van der Waals surface area contributed by atoms with Crippen LogP contribution in [0.5, 0.6) is 0 Å². The van der Waals surface area contributed by atoms with Crippen LogP contribution in [-0.2, 0) is 0 Å². The van der Waals surface area contributed by atoms with E-state index in [2.05, 4.69) is 19.9 Å². The summed E-state index contributed by atoms with van der Waals surface area (Å²) in [4.78, 5) is 17.0. The second kappa shape index (κ2) is 4.81. The second-order valence-electron chi connectivity index (χ2n) is 3.95. The summed E-state index contributed by atoms with van der Waals surface area (Å²) in [5.41, 5.74) is 8.12. The lowest BCUT2D eigenvalue weighted by molar-refractivity contribution is 1.17. The molecule has 0 aliphatic heterocycles. The molecule has 0 radical (unpaired) electrons. The van der Waals surface area contributed by atoms with Crippen molar-refractivity contribution in [2.24, 2.45) is 0 Å². The quantitative estimate of drug-likeness (QED) is 0.753. The molecule has 0 bridgehead atoms. The molecule has 0 saturated carbocycles. The lowest BCUT2D eigenvalue weighted by Crippen LogP contribution is -1.95. The average Bonchev–Trinajstić information content (AvgIpc) is 2.48. The summed E-state index contributed by atoms with van der Waals surface area (Å²) >= 11 is 0. The first-order valence-electron chi connectivity index (χ1n) is 5.79. The number of pyridine rings is 2. The summed E-state index contributed by atoms with van der Waals surface area (Å²) in [5, 5.41) is 0. The Balaban J connectivity index is 2.06. The van der Waals surface area contributed by atoms with Crippen LogP contribution in [0.3, 0.4) is 0 Å².